The van der Waals surface area contributed by atoms with Crippen molar-refractivity contribution in [2.75, 3.05) is 13.1 Å². The molecule has 3 nitrogen and oxygen atoms in total. The van der Waals surface area contributed by atoms with Gasteiger partial charge in [0.2, 0.25) is 5.91 Å². The van der Waals surface area contributed by atoms with E-state index in [2.05, 4.69) is 36.5 Å². The maximum Gasteiger partial charge on any atom is 0.221 e. The van der Waals surface area contributed by atoms with Crippen LogP contribution in [0.2, 0.25) is 0 Å². The molecule has 1 amide bonds. The van der Waals surface area contributed by atoms with Crippen molar-refractivity contribution < 1.29 is 4.79 Å². The SMILES string of the molecule is Cc1ccc([C@@H]2CNC[C@H](C(N)=O)C2)cc1. The largest absolute Gasteiger partial charge is 0.369 e. The van der Waals surface area contributed by atoms with E-state index in [-0.39, 0.29) is 11.8 Å². The molecule has 3 heteroatoms. The number of carbonyl (C=O) groups is 1. The molecule has 0 aliphatic carbocycles. The van der Waals surface area contributed by atoms with Gasteiger partial charge < -0.3 is 11.1 Å². The summed E-state index contributed by atoms with van der Waals surface area (Å²) in [6.07, 6.45) is 0.866. The van der Waals surface area contributed by atoms with Gasteiger partial charge in [-0.05, 0) is 24.8 Å². The van der Waals surface area contributed by atoms with Gasteiger partial charge in [-0.1, -0.05) is 29.8 Å². The minimum Gasteiger partial charge on any atom is -0.369 e. The number of benzene rings is 1. The van der Waals surface area contributed by atoms with Crippen molar-refractivity contribution in [2.24, 2.45) is 11.7 Å². The summed E-state index contributed by atoms with van der Waals surface area (Å²) in [4.78, 5) is 11.2. The summed E-state index contributed by atoms with van der Waals surface area (Å²) in [5, 5.41) is 3.28. The second-order valence-corrected chi connectivity index (χ2v) is 4.60. The first-order chi connectivity index (χ1) is 7.66. The Morgan fingerprint density at radius 3 is 2.62 bits per heavy atom. The molecule has 0 radical (unpaired) electrons. The molecule has 86 valence electrons. The second kappa shape index (κ2) is 4.66. The maximum atomic E-state index is 11.2. The molecule has 1 aromatic carbocycles. The minimum absolute atomic E-state index is 0.0277. The van der Waals surface area contributed by atoms with Gasteiger partial charge in [0.25, 0.3) is 0 Å². The van der Waals surface area contributed by atoms with E-state index in [1.165, 1.54) is 11.1 Å². The van der Waals surface area contributed by atoms with Crippen LogP contribution >= 0.6 is 0 Å². The lowest BCUT2D eigenvalue weighted by Crippen LogP contribution is -2.41. The van der Waals surface area contributed by atoms with Crippen LogP contribution in [-0.4, -0.2) is 19.0 Å². The first-order valence-corrected chi connectivity index (χ1v) is 5.73. The Morgan fingerprint density at radius 2 is 2.00 bits per heavy atom. The number of carbonyl (C=O) groups excluding carboxylic acids is 1. The molecule has 0 saturated carbocycles. The van der Waals surface area contributed by atoms with Gasteiger partial charge in [0, 0.05) is 13.1 Å². The van der Waals surface area contributed by atoms with Crippen LogP contribution in [-0.2, 0) is 4.79 Å². The van der Waals surface area contributed by atoms with E-state index in [0.717, 1.165) is 19.5 Å². The molecule has 1 aromatic rings. The number of aryl methyl sites for hydroxylation is 1. The molecule has 0 spiro atoms. The zero-order chi connectivity index (χ0) is 11.5. The molecule has 2 rings (SSSR count). The number of hydrogen-bond donors (Lipinski definition) is 2. The topological polar surface area (TPSA) is 55.1 Å². The van der Waals surface area contributed by atoms with Crippen molar-refractivity contribution in [3.63, 3.8) is 0 Å². The Morgan fingerprint density at radius 1 is 1.31 bits per heavy atom. The van der Waals surface area contributed by atoms with Crippen molar-refractivity contribution >= 4 is 5.91 Å². The number of nitrogens with one attached hydrogen (secondary N) is 1. The highest BCUT2D eigenvalue weighted by atomic mass is 16.1. The van der Waals surface area contributed by atoms with Crippen LogP contribution in [0.3, 0.4) is 0 Å². The van der Waals surface area contributed by atoms with E-state index >= 15 is 0 Å². The smallest absolute Gasteiger partial charge is 0.221 e. The fraction of sp³-hybridized carbons (Fsp3) is 0.462. The van der Waals surface area contributed by atoms with Crippen LogP contribution in [0.5, 0.6) is 0 Å². The molecule has 1 heterocycles. The van der Waals surface area contributed by atoms with Crippen LogP contribution in [0.4, 0.5) is 0 Å². The highest BCUT2D eigenvalue weighted by molar-refractivity contribution is 5.77. The van der Waals surface area contributed by atoms with Crippen LogP contribution in [0.15, 0.2) is 24.3 Å². The molecule has 0 unspecified atom stereocenters. The van der Waals surface area contributed by atoms with Crippen molar-refractivity contribution in [1.82, 2.24) is 5.32 Å². The van der Waals surface area contributed by atoms with E-state index in [1.807, 2.05) is 0 Å². The number of hydrogen-bond acceptors (Lipinski definition) is 2. The Kier molecular flexibility index (Phi) is 3.25. The third-order valence-corrected chi connectivity index (χ3v) is 3.30. The van der Waals surface area contributed by atoms with Crippen LogP contribution in [0.1, 0.15) is 23.5 Å². The molecular formula is C13H18N2O. The van der Waals surface area contributed by atoms with Gasteiger partial charge in [-0.2, -0.15) is 0 Å². The summed E-state index contributed by atoms with van der Waals surface area (Å²) in [5.74, 6) is 0.191. The molecule has 1 aliphatic rings. The zero-order valence-corrected chi connectivity index (χ0v) is 9.57. The molecule has 0 aromatic heterocycles. The minimum atomic E-state index is -0.190. The summed E-state index contributed by atoms with van der Waals surface area (Å²) >= 11 is 0. The van der Waals surface area contributed by atoms with Crippen molar-refractivity contribution in [3.8, 4) is 0 Å². The summed E-state index contributed by atoms with van der Waals surface area (Å²) < 4.78 is 0. The molecular weight excluding hydrogens is 200 g/mol. The standard InChI is InChI=1S/C13H18N2O/c1-9-2-4-10(5-3-9)11-6-12(13(14)16)8-15-7-11/h2-5,11-12,15H,6-8H2,1H3,(H2,14,16)/t11-,12+/m0/s1. The Balaban J connectivity index is 2.09. The molecule has 0 bridgehead atoms. The van der Waals surface area contributed by atoms with Gasteiger partial charge in [0.1, 0.15) is 0 Å². The van der Waals surface area contributed by atoms with E-state index in [1.54, 1.807) is 0 Å². The van der Waals surface area contributed by atoms with Crippen LogP contribution in [0, 0.1) is 12.8 Å². The van der Waals surface area contributed by atoms with E-state index < -0.39 is 0 Å². The zero-order valence-electron chi connectivity index (χ0n) is 9.57. The lowest BCUT2D eigenvalue weighted by Gasteiger charge is -2.28. The fourth-order valence-corrected chi connectivity index (χ4v) is 2.25. The average Bonchev–Trinajstić information content (AvgIpc) is 2.30. The van der Waals surface area contributed by atoms with Crippen LogP contribution < -0.4 is 11.1 Å². The number of nitrogens with two attached hydrogens (primary N) is 1. The summed E-state index contributed by atoms with van der Waals surface area (Å²) in [6, 6.07) is 8.52. The lowest BCUT2D eigenvalue weighted by molar-refractivity contribution is -0.122. The number of piperidine rings is 1. The van der Waals surface area contributed by atoms with Crippen molar-refractivity contribution in [1.29, 1.82) is 0 Å². The quantitative estimate of drug-likeness (QED) is 0.783. The second-order valence-electron chi connectivity index (χ2n) is 4.60. The number of amides is 1. The van der Waals surface area contributed by atoms with Gasteiger partial charge >= 0.3 is 0 Å². The summed E-state index contributed by atoms with van der Waals surface area (Å²) in [6.45, 7) is 3.74. The molecule has 1 aliphatic heterocycles. The summed E-state index contributed by atoms with van der Waals surface area (Å²) in [5.41, 5.74) is 7.91. The average molecular weight is 218 g/mol. The highest BCUT2D eigenvalue weighted by Crippen LogP contribution is 2.26. The predicted molar refractivity (Wildman–Crippen MR) is 64.1 cm³/mol. The van der Waals surface area contributed by atoms with E-state index in [9.17, 15) is 4.79 Å². The van der Waals surface area contributed by atoms with Gasteiger partial charge in [0.15, 0.2) is 0 Å². The third-order valence-electron chi connectivity index (χ3n) is 3.30. The van der Waals surface area contributed by atoms with Gasteiger partial charge in [-0.15, -0.1) is 0 Å². The van der Waals surface area contributed by atoms with Gasteiger partial charge in [0.05, 0.1) is 5.92 Å². The normalized spacial score (nSPS) is 25.3. The maximum absolute atomic E-state index is 11.2. The van der Waals surface area contributed by atoms with Crippen molar-refractivity contribution in [3.05, 3.63) is 35.4 Å². The third kappa shape index (κ3) is 2.42. The van der Waals surface area contributed by atoms with E-state index in [0.29, 0.717) is 5.92 Å². The molecule has 2 atom stereocenters. The van der Waals surface area contributed by atoms with Crippen molar-refractivity contribution in [2.45, 2.75) is 19.3 Å². The number of primary amides is 1. The number of rotatable bonds is 2. The Labute approximate surface area is 96.0 Å². The molecule has 3 N–H and O–H groups in total. The Bertz CT molecular complexity index is 372. The van der Waals surface area contributed by atoms with E-state index in [4.69, 9.17) is 5.73 Å². The predicted octanol–water partition coefficient (Wildman–Crippen LogP) is 1.17. The monoisotopic (exact) mass is 218 g/mol. The highest BCUT2D eigenvalue weighted by Gasteiger charge is 2.26. The fourth-order valence-electron chi connectivity index (χ4n) is 2.25. The lowest BCUT2D eigenvalue weighted by atomic mass is 9.85. The van der Waals surface area contributed by atoms with Gasteiger partial charge in [-0.3, -0.25) is 4.79 Å². The summed E-state index contributed by atoms with van der Waals surface area (Å²) in [7, 11) is 0. The molecule has 1 fully saturated rings. The Hall–Kier alpha value is -1.35. The molecule has 16 heavy (non-hydrogen) atoms. The first kappa shape index (κ1) is 11.1. The van der Waals surface area contributed by atoms with Crippen LogP contribution in [0.25, 0.3) is 0 Å². The van der Waals surface area contributed by atoms with Gasteiger partial charge in [-0.25, -0.2) is 0 Å². The molecule has 1 saturated heterocycles. The first-order valence-electron chi connectivity index (χ1n) is 5.73.